The molecule has 31 heavy (non-hydrogen) atoms. The van der Waals surface area contributed by atoms with Crippen molar-refractivity contribution in [3.63, 3.8) is 0 Å². The average molecular weight is 453 g/mol. The van der Waals surface area contributed by atoms with E-state index in [1.54, 1.807) is 31.2 Å². The lowest BCUT2D eigenvalue weighted by Crippen LogP contribution is -2.24. The third kappa shape index (κ3) is 4.42. The highest BCUT2D eigenvalue weighted by atomic mass is 35.5. The molecule has 4 rings (SSSR count). The van der Waals surface area contributed by atoms with Crippen molar-refractivity contribution in [1.29, 1.82) is 0 Å². The number of halogens is 1. The van der Waals surface area contributed by atoms with E-state index in [0.29, 0.717) is 31.2 Å². The van der Waals surface area contributed by atoms with Crippen LogP contribution in [0, 0.1) is 6.92 Å². The van der Waals surface area contributed by atoms with Gasteiger partial charge in [0.2, 0.25) is 0 Å². The van der Waals surface area contributed by atoms with Crippen LogP contribution in [0.4, 0.5) is 0 Å². The molecule has 8 heteroatoms. The van der Waals surface area contributed by atoms with Crippen LogP contribution in [-0.2, 0) is 17.9 Å². The summed E-state index contributed by atoms with van der Waals surface area (Å²) in [6.07, 6.45) is 1.33. The number of Topliss-reactive ketones (excluding diaryl/α,β-unsaturated/α-hetero) is 1. The van der Waals surface area contributed by atoms with Crippen LogP contribution in [0.3, 0.4) is 0 Å². The van der Waals surface area contributed by atoms with Gasteiger partial charge in [0.15, 0.2) is 5.78 Å². The Balaban J connectivity index is 1.58. The predicted octanol–water partition coefficient (Wildman–Crippen LogP) is 4.66. The molecular weight excluding hydrogens is 436 g/mol. The van der Waals surface area contributed by atoms with Crippen molar-refractivity contribution in [2.24, 2.45) is 0 Å². The first kappa shape index (κ1) is 21.0. The summed E-state index contributed by atoms with van der Waals surface area (Å²) in [6.45, 7) is 1.67. The van der Waals surface area contributed by atoms with Crippen molar-refractivity contribution >= 4 is 44.9 Å². The second kappa shape index (κ2) is 8.83. The van der Waals surface area contributed by atoms with Crippen LogP contribution < -0.4 is 5.56 Å². The Labute approximate surface area is 186 Å². The number of ether oxygens (including phenoxy) is 1. The molecule has 0 N–H and O–H groups in total. The standard InChI is InChI=1S/C23H17ClN2O4S/c1-14-19-21(31-20(14)23(29)30-12-15-5-3-2-4-6-15)25-13-26(22(19)28)11-18(27)16-7-9-17(24)10-8-16/h2-10,13H,11-12H2,1H3. The number of aromatic nitrogens is 2. The van der Waals surface area contributed by atoms with Crippen molar-refractivity contribution in [2.45, 2.75) is 20.1 Å². The van der Waals surface area contributed by atoms with Gasteiger partial charge in [-0.25, -0.2) is 9.78 Å². The van der Waals surface area contributed by atoms with Gasteiger partial charge >= 0.3 is 5.97 Å². The van der Waals surface area contributed by atoms with E-state index in [1.165, 1.54) is 10.9 Å². The molecule has 0 aliphatic rings. The Morgan fingerprint density at radius 2 is 1.81 bits per heavy atom. The van der Waals surface area contributed by atoms with Crippen LogP contribution in [0.25, 0.3) is 10.2 Å². The lowest BCUT2D eigenvalue weighted by molar-refractivity contribution is 0.0477. The fourth-order valence-electron chi connectivity index (χ4n) is 3.14. The van der Waals surface area contributed by atoms with Crippen LogP contribution in [0.1, 0.15) is 31.2 Å². The quantitative estimate of drug-likeness (QED) is 0.314. The minimum atomic E-state index is -0.507. The number of nitrogens with zero attached hydrogens (tertiary/aromatic N) is 2. The van der Waals surface area contributed by atoms with Gasteiger partial charge in [-0.1, -0.05) is 41.9 Å². The Bertz CT molecular complexity index is 1330. The van der Waals surface area contributed by atoms with Crippen molar-refractivity contribution < 1.29 is 14.3 Å². The molecule has 0 saturated carbocycles. The van der Waals surface area contributed by atoms with E-state index in [9.17, 15) is 14.4 Å². The number of rotatable bonds is 6. The molecule has 2 aromatic carbocycles. The molecule has 6 nitrogen and oxygen atoms in total. The molecular formula is C23H17ClN2O4S. The summed E-state index contributed by atoms with van der Waals surface area (Å²) >= 11 is 6.96. The number of thiophene rings is 1. The van der Waals surface area contributed by atoms with E-state index in [2.05, 4.69) is 4.98 Å². The number of esters is 1. The summed E-state index contributed by atoms with van der Waals surface area (Å²) in [5, 5.41) is 0.848. The summed E-state index contributed by atoms with van der Waals surface area (Å²) in [5.41, 5.74) is 1.45. The maximum absolute atomic E-state index is 13.0. The number of aryl methyl sites for hydroxylation is 1. The minimum Gasteiger partial charge on any atom is -0.457 e. The summed E-state index contributed by atoms with van der Waals surface area (Å²) in [4.78, 5) is 43.2. The third-order valence-electron chi connectivity index (χ3n) is 4.80. The van der Waals surface area contributed by atoms with Gasteiger partial charge in [-0.2, -0.15) is 0 Å². The fraction of sp³-hybridized carbons (Fsp3) is 0.130. The maximum Gasteiger partial charge on any atom is 0.349 e. The van der Waals surface area contributed by atoms with Crippen LogP contribution in [0.2, 0.25) is 5.02 Å². The zero-order valence-electron chi connectivity index (χ0n) is 16.5. The topological polar surface area (TPSA) is 78.3 Å². The number of ketones is 1. The third-order valence-corrected chi connectivity index (χ3v) is 6.23. The van der Waals surface area contributed by atoms with Crippen LogP contribution >= 0.6 is 22.9 Å². The molecule has 2 aromatic heterocycles. The summed E-state index contributed by atoms with van der Waals surface area (Å²) in [7, 11) is 0. The van der Waals surface area contributed by atoms with Gasteiger partial charge in [0.1, 0.15) is 16.3 Å². The van der Waals surface area contributed by atoms with E-state index in [1.807, 2.05) is 30.3 Å². The molecule has 0 atom stereocenters. The zero-order valence-corrected chi connectivity index (χ0v) is 18.1. The van der Waals surface area contributed by atoms with Crippen molar-refractivity contribution in [3.05, 3.63) is 97.9 Å². The number of hydrogen-bond acceptors (Lipinski definition) is 6. The Hall–Kier alpha value is -3.29. The molecule has 0 amide bonds. The molecule has 0 fully saturated rings. The number of carbonyl (C=O) groups excluding carboxylic acids is 2. The number of fused-ring (bicyclic) bond motifs is 1. The number of carbonyl (C=O) groups is 2. The highest BCUT2D eigenvalue weighted by Gasteiger charge is 2.21. The number of hydrogen-bond donors (Lipinski definition) is 0. The smallest absolute Gasteiger partial charge is 0.349 e. The molecule has 0 bridgehead atoms. The lowest BCUT2D eigenvalue weighted by Gasteiger charge is -2.05. The van der Waals surface area contributed by atoms with Crippen molar-refractivity contribution in [1.82, 2.24) is 9.55 Å². The average Bonchev–Trinajstić information content (AvgIpc) is 3.12. The second-order valence-corrected chi connectivity index (χ2v) is 8.34. The first-order valence-corrected chi connectivity index (χ1v) is 10.6. The Morgan fingerprint density at radius 1 is 1.10 bits per heavy atom. The molecule has 0 saturated heterocycles. The van der Waals surface area contributed by atoms with E-state index in [-0.39, 0.29) is 24.5 Å². The normalized spacial score (nSPS) is 10.9. The van der Waals surface area contributed by atoms with Crippen molar-refractivity contribution in [3.8, 4) is 0 Å². The van der Waals surface area contributed by atoms with E-state index < -0.39 is 5.97 Å². The van der Waals surface area contributed by atoms with Crippen LogP contribution in [0.15, 0.2) is 65.7 Å². The largest absolute Gasteiger partial charge is 0.457 e. The van der Waals surface area contributed by atoms with Gasteiger partial charge in [-0.15, -0.1) is 11.3 Å². The van der Waals surface area contributed by atoms with E-state index in [0.717, 1.165) is 16.9 Å². The predicted molar refractivity (Wildman–Crippen MR) is 120 cm³/mol. The first-order chi connectivity index (χ1) is 14.9. The van der Waals surface area contributed by atoms with Gasteiger partial charge in [0, 0.05) is 10.6 Å². The molecule has 0 aliphatic carbocycles. The Morgan fingerprint density at radius 3 is 2.52 bits per heavy atom. The van der Waals surface area contributed by atoms with Crippen LogP contribution in [0.5, 0.6) is 0 Å². The summed E-state index contributed by atoms with van der Waals surface area (Å²) in [5.74, 6) is -0.747. The zero-order chi connectivity index (χ0) is 22.0. The monoisotopic (exact) mass is 452 g/mol. The van der Waals surface area contributed by atoms with Gasteiger partial charge in [0.25, 0.3) is 5.56 Å². The van der Waals surface area contributed by atoms with E-state index >= 15 is 0 Å². The first-order valence-electron chi connectivity index (χ1n) is 9.42. The second-order valence-electron chi connectivity index (χ2n) is 6.91. The molecule has 2 heterocycles. The summed E-state index contributed by atoms with van der Waals surface area (Å²) < 4.78 is 6.64. The molecule has 4 aromatic rings. The Kier molecular flexibility index (Phi) is 5.97. The van der Waals surface area contributed by atoms with Crippen LogP contribution in [-0.4, -0.2) is 21.3 Å². The van der Waals surface area contributed by atoms with Gasteiger partial charge in [-0.05, 0) is 42.3 Å². The number of benzene rings is 2. The van der Waals surface area contributed by atoms with Gasteiger partial charge in [-0.3, -0.25) is 14.2 Å². The maximum atomic E-state index is 13.0. The highest BCUT2D eigenvalue weighted by molar-refractivity contribution is 7.20. The van der Waals surface area contributed by atoms with E-state index in [4.69, 9.17) is 16.3 Å². The summed E-state index contributed by atoms with van der Waals surface area (Å²) in [6, 6.07) is 15.8. The fourth-order valence-corrected chi connectivity index (χ4v) is 4.30. The SMILES string of the molecule is Cc1c(C(=O)OCc2ccccc2)sc2ncn(CC(=O)c3ccc(Cl)cc3)c(=O)c12. The highest BCUT2D eigenvalue weighted by Crippen LogP contribution is 2.27. The lowest BCUT2D eigenvalue weighted by atomic mass is 10.1. The molecule has 0 aliphatic heterocycles. The molecule has 0 radical (unpaired) electrons. The van der Waals surface area contributed by atoms with Gasteiger partial charge < -0.3 is 4.74 Å². The molecule has 0 spiro atoms. The molecule has 156 valence electrons. The molecule has 0 unspecified atom stereocenters. The minimum absolute atomic E-state index is 0.139. The van der Waals surface area contributed by atoms with Gasteiger partial charge in [0.05, 0.1) is 18.3 Å². The van der Waals surface area contributed by atoms with Crippen molar-refractivity contribution in [2.75, 3.05) is 0 Å².